The molecule has 0 amide bonds. The van der Waals surface area contributed by atoms with Crippen molar-refractivity contribution in [3.63, 3.8) is 0 Å². The number of benzene rings is 2. The first kappa shape index (κ1) is 19.2. The number of aromatic nitrogens is 2. The first-order valence-corrected chi connectivity index (χ1v) is 8.54. The molecule has 0 aliphatic carbocycles. The molecule has 0 fully saturated rings. The molecule has 0 atom stereocenters. The first-order chi connectivity index (χ1) is 13.3. The number of nitrogens with one attached hydrogen (secondary N) is 1. The number of ether oxygens (including phenoxy) is 1. The van der Waals surface area contributed by atoms with E-state index >= 15 is 0 Å². The zero-order valence-corrected chi connectivity index (χ0v) is 15.7. The Morgan fingerprint density at radius 3 is 2.50 bits per heavy atom. The molecule has 28 heavy (non-hydrogen) atoms. The first-order valence-electron chi connectivity index (χ1n) is 8.16. The highest BCUT2D eigenvalue weighted by Crippen LogP contribution is 2.36. The fourth-order valence-electron chi connectivity index (χ4n) is 2.41. The van der Waals surface area contributed by atoms with Gasteiger partial charge in [-0.15, -0.1) is 0 Å². The predicted molar refractivity (Wildman–Crippen MR) is 105 cm³/mol. The normalized spacial score (nSPS) is 10.4. The third-order valence-corrected chi connectivity index (χ3v) is 4.29. The van der Waals surface area contributed by atoms with Gasteiger partial charge in [0.1, 0.15) is 12.1 Å². The lowest BCUT2D eigenvalue weighted by molar-refractivity contribution is -0.385. The third kappa shape index (κ3) is 4.24. The van der Waals surface area contributed by atoms with Gasteiger partial charge in [-0.2, -0.15) is 4.98 Å². The molecular weight excluding hydrogens is 384 g/mol. The summed E-state index contributed by atoms with van der Waals surface area (Å²) in [6, 6.07) is 11.4. The predicted octanol–water partition coefficient (Wildman–Crippen LogP) is 5.09. The van der Waals surface area contributed by atoms with Crippen LogP contribution in [0.4, 0.5) is 17.2 Å². The number of carbonyl (C=O) groups is 1. The van der Waals surface area contributed by atoms with Crippen molar-refractivity contribution in [1.29, 1.82) is 0 Å². The van der Waals surface area contributed by atoms with Crippen molar-refractivity contribution in [3.05, 3.63) is 75.1 Å². The van der Waals surface area contributed by atoms with Crippen LogP contribution in [0.25, 0.3) is 0 Å². The molecule has 1 N–H and O–H groups in total. The highest BCUT2D eigenvalue weighted by Gasteiger charge is 2.25. The Morgan fingerprint density at radius 1 is 1.18 bits per heavy atom. The quantitative estimate of drug-likeness (QED) is 0.350. The molecule has 1 aromatic heterocycles. The average Bonchev–Trinajstić information content (AvgIpc) is 2.65. The number of hydrogen-bond donors (Lipinski definition) is 1. The van der Waals surface area contributed by atoms with E-state index in [1.807, 2.05) is 0 Å². The van der Waals surface area contributed by atoms with Gasteiger partial charge >= 0.3 is 11.6 Å². The summed E-state index contributed by atoms with van der Waals surface area (Å²) in [6.45, 7) is 3.25. The minimum absolute atomic E-state index is 0.0312. The summed E-state index contributed by atoms with van der Waals surface area (Å²) in [4.78, 5) is 30.2. The van der Waals surface area contributed by atoms with E-state index in [2.05, 4.69) is 15.3 Å². The minimum Gasteiger partial charge on any atom is -0.434 e. The number of nitro groups is 1. The van der Waals surface area contributed by atoms with Crippen LogP contribution in [-0.4, -0.2) is 20.7 Å². The van der Waals surface area contributed by atoms with Crippen molar-refractivity contribution in [2.24, 2.45) is 0 Å². The van der Waals surface area contributed by atoms with E-state index in [9.17, 15) is 14.9 Å². The Labute approximate surface area is 165 Å². The van der Waals surface area contributed by atoms with E-state index in [-0.39, 0.29) is 17.5 Å². The second-order valence-electron chi connectivity index (χ2n) is 5.90. The Morgan fingerprint density at radius 2 is 1.89 bits per heavy atom. The number of anilines is 2. The molecule has 0 unspecified atom stereocenters. The molecule has 0 saturated heterocycles. The zero-order chi connectivity index (χ0) is 20.3. The maximum atomic E-state index is 11.6. The molecule has 3 aromatic rings. The molecular formula is C19H15ClN4O4. The van der Waals surface area contributed by atoms with E-state index < -0.39 is 10.6 Å². The highest BCUT2D eigenvalue weighted by molar-refractivity contribution is 6.31. The van der Waals surface area contributed by atoms with Gasteiger partial charge in [0.15, 0.2) is 5.78 Å². The summed E-state index contributed by atoms with van der Waals surface area (Å²) in [5.41, 5.74) is 1.41. The van der Waals surface area contributed by atoms with E-state index in [4.69, 9.17) is 16.3 Å². The van der Waals surface area contributed by atoms with Crippen LogP contribution in [0.1, 0.15) is 22.8 Å². The van der Waals surface area contributed by atoms with Crippen molar-refractivity contribution in [1.82, 2.24) is 9.97 Å². The van der Waals surface area contributed by atoms with Gasteiger partial charge in [-0.25, -0.2) is 4.98 Å². The molecule has 0 spiro atoms. The summed E-state index contributed by atoms with van der Waals surface area (Å²) in [7, 11) is 0. The second kappa shape index (κ2) is 8.01. The summed E-state index contributed by atoms with van der Waals surface area (Å²) < 4.78 is 5.60. The van der Waals surface area contributed by atoms with Crippen LogP contribution in [-0.2, 0) is 0 Å². The molecule has 0 aliphatic rings. The fraction of sp³-hybridized carbons (Fsp3) is 0.105. The van der Waals surface area contributed by atoms with Gasteiger partial charge in [0.05, 0.1) is 4.92 Å². The summed E-state index contributed by atoms with van der Waals surface area (Å²) >= 11 is 5.99. The number of nitrogens with zero attached hydrogens (tertiary/aromatic N) is 3. The topological polar surface area (TPSA) is 107 Å². The molecule has 0 saturated carbocycles. The van der Waals surface area contributed by atoms with E-state index in [1.54, 1.807) is 49.4 Å². The molecule has 3 rings (SSSR count). The Hall–Kier alpha value is -3.52. The minimum atomic E-state index is -0.621. The number of aryl methyl sites for hydroxylation is 1. The molecule has 0 bridgehead atoms. The number of Topliss-reactive ketones (excluding diaryl/α,β-unsaturated/α-hetero) is 1. The van der Waals surface area contributed by atoms with Gasteiger partial charge in [0.25, 0.3) is 0 Å². The summed E-state index contributed by atoms with van der Waals surface area (Å²) in [5, 5.41) is 15.0. The van der Waals surface area contributed by atoms with Crippen molar-refractivity contribution < 1.29 is 14.5 Å². The maximum Gasteiger partial charge on any atom is 0.373 e. The number of halogens is 1. The number of ketones is 1. The second-order valence-corrected chi connectivity index (χ2v) is 6.31. The average molecular weight is 399 g/mol. The number of carbonyl (C=O) groups excluding carboxylic acids is 1. The number of rotatable bonds is 6. The van der Waals surface area contributed by atoms with Crippen LogP contribution < -0.4 is 10.1 Å². The van der Waals surface area contributed by atoms with Crippen molar-refractivity contribution >= 4 is 34.6 Å². The van der Waals surface area contributed by atoms with Gasteiger partial charge in [-0.05, 0) is 61.9 Å². The SMILES string of the molecule is CC(=O)c1ccc(Nc2ncnc(Oc3ccc(Cl)c(C)c3)c2[N+](=O)[O-])cc1. The Balaban J connectivity index is 1.93. The third-order valence-electron chi connectivity index (χ3n) is 3.87. The Bertz CT molecular complexity index is 1050. The van der Waals surface area contributed by atoms with Crippen LogP contribution in [0, 0.1) is 17.0 Å². The van der Waals surface area contributed by atoms with Gasteiger partial charge < -0.3 is 10.1 Å². The lowest BCUT2D eigenvalue weighted by atomic mass is 10.1. The van der Waals surface area contributed by atoms with Gasteiger partial charge in [0, 0.05) is 16.3 Å². The van der Waals surface area contributed by atoms with Crippen molar-refractivity contribution in [2.75, 3.05) is 5.32 Å². The van der Waals surface area contributed by atoms with Gasteiger partial charge in [0.2, 0.25) is 5.82 Å². The van der Waals surface area contributed by atoms with Crippen molar-refractivity contribution in [3.8, 4) is 11.6 Å². The molecule has 142 valence electrons. The van der Waals surface area contributed by atoms with Gasteiger partial charge in [-0.3, -0.25) is 14.9 Å². The van der Waals surface area contributed by atoms with Crippen LogP contribution >= 0.6 is 11.6 Å². The van der Waals surface area contributed by atoms with Gasteiger partial charge in [-0.1, -0.05) is 11.6 Å². The fourth-order valence-corrected chi connectivity index (χ4v) is 2.53. The number of hydrogen-bond acceptors (Lipinski definition) is 7. The smallest absolute Gasteiger partial charge is 0.373 e. The van der Waals surface area contributed by atoms with Crippen LogP contribution in [0.5, 0.6) is 11.6 Å². The largest absolute Gasteiger partial charge is 0.434 e. The lowest BCUT2D eigenvalue weighted by Crippen LogP contribution is -2.04. The molecule has 2 aromatic carbocycles. The molecule has 8 nitrogen and oxygen atoms in total. The van der Waals surface area contributed by atoms with E-state index in [0.717, 1.165) is 11.9 Å². The molecule has 0 aliphatic heterocycles. The van der Waals surface area contributed by atoms with E-state index in [0.29, 0.717) is 22.0 Å². The summed E-state index contributed by atoms with van der Waals surface area (Å²) in [6.07, 6.45) is 1.16. The zero-order valence-electron chi connectivity index (χ0n) is 15.0. The van der Waals surface area contributed by atoms with Crippen LogP contribution in [0.2, 0.25) is 5.02 Å². The summed E-state index contributed by atoms with van der Waals surface area (Å²) in [5.74, 6) is 0.0508. The lowest BCUT2D eigenvalue weighted by Gasteiger charge is -2.10. The Kier molecular flexibility index (Phi) is 5.51. The van der Waals surface area contributed by atoms with E-state index in [1.165, 1.54) is 6.92 Å². The van der Waals surface area contributed by atoms with Crippen LogP contribution in [0.3, 0.4) is 0 Å². The maximum absolute atomic E-state index is 11.6. The molecule has 9 heteroatoms. The standard InChI is InChI=1S/C19H15ClN4O4/c1-11-9-15(7-8-16(11)20)28-19-17(24(26)27)18(21-10-22-19)23-14-5-3-13(4-6-14)12(2)25/h3-10H,1-2H3,(H,21,22,23). The van der Waals surface area contributed by atoms with Crippen molar-refractivity contribution in [2.45, 2.75) is 13.8 Å². The monoisotopic (exact) mass is 398 g/mol. The highest BCUT2D eigenvalue weighted by atomic mass is 35.5. The van der Waals surface area contributed by atoms with Crippen LogP contribution in [0.15, 0.2) is 48.8 Å². The molecule has 0 radical (unpaired) electrons. The molecule has 1 heterocycles.